The first-order valence-electron chi connectivity index (χ1n) is 9.00. The SMILES string of the molecule is CC(NC(=O)c1c[nH]c2ncc(C3CC3)nc12)C(=O)N1CCCC1C. The number of rotatable bonds is 4. The Morgan fingerprint density at radius 2 is 2.16 bits per heavy atom. The Bertz CT molecular complexity index is 826. The van der Waals surface area contributed by atoms with E-state index < -0.39 is 6.04 Å². The van der Waals surface area contributed by atoms with Crippen LogP contribution in [0.15, 0.2) is 12.4 Å². The van der Waals surface area contributed by atoms with Crippen LogP contribution in [0.3, 0.4) is 0 Å². The standard InChI is InChI=1S/C18H23N5O2/c1-10-4-3-7-23(10)18(25)11(2)21-17(24)13-8-19-16-15(13)22-14(9-20-16)12-5-6-12/h8-12H,3-7H2,1-2H3,(H,19,20)(H,21,24). The number of likely N-dealkylation sites (tertiary alicyclic amines) is 1. The molecule has 1 aliphatic heterocycles. The van der Waals surface area contributed by atoms with E-state index in [9.17, 15) is 9.59 Å². The van der Waals surface area contributed by atoms with Gasteiger partial charge in [-0.3, -0.25) is 9.59 Å². The van der Waals surface area contributed by atoms with E-state index in [1.165, 1.54) is 0 Å². The number of amides is 2. The number of hydrogen-bond acceptors (Lipinski definition) is 4. The van der Waals surface area contributed by atoms with Crippen molar-refractivity contribution in [1.29, 1.82) is 0 Å². The largest absolute Gasteiger partial charge is 0.344 e. The number of aromatic amines is 1. The molecule has 2 aromatic rings. The maximum atomic E-state index is 12.7. The van der Waals surface area contributed by atoms with Gasteiger partial charge in [0.1, 0.15) is 11.6 Å². The summed E-state index contributed by atoms with van der Waals surface area (Å²) in [6.07, 6.45) is 7.70. The van der Waals surface area contributed by atoms with Gasteiger partial charge in [0.15, 0.2) is 5.65 Å². The average molecular weight is 341 g/mol. The zero-order valence-corrected chi connectivity index (χ0v) is 14.6. The van der Waals surface area contributed by atoms with Crippen LogP contribution in [0.4, 0.5) is 0 Å². The molecule has 2 aromatic heterocycles. The Balaban J connectivity index is 1.51. The molecule has 4 rings (SSSR count). The summed E-state index contributed by atoms with van der Waals surface area (Å²) in [5.74, 6) is 0.156. The van der Waals surface area contributed by atoms with Crippen LogP contribution >= 0.6 is 0 Å². The zero-order chi connectivity index (χ0) is 17.6. The van der Waals surface area contributed by atoms with E-state index in [-0.39, 0.29) is 17.9 Å². The molecule has 2 atom stereocenters. The Morgan fingerprint density at radius 1 is 1.36 bits per heavy atom. The predicted octanol–water partition coefficient (Wildman–Crippen LogP) is 1.96. The van der Waals surface area contributed by atoms with E-state index in [0.717, 1.165) is 37.9 Å². The quantitative estimate of drug-likeness (QED) is 0.889. The number of aromatic nitrogens is 3. The number of carbonyl (C=O) groups excluding carboxylic acids is 2. The summed E-state index contributed by atoms with van der Waals surface area (Å²) in [6.45, 7) is 4.55. The summed E-state index contributed by atoms with van der Waals surface area (Å²) in [5.41, 5.74) is 2.56. The van der Waals surface area contributed by atoms with Crippen LogP contribution < -0.4 is 5.32 Å². The van der Waals surface area contributed by atoms with Gasteiger partial charge in [0.05, 0.1) is 17.5 Å². The van der Waals surface area contributed by atoms with Crippen LogP contribution in [0, 0.1) is 0 Å². The van der Waals surface area contributed by atoms with Gasteiger partial charge in [0, 0.05) is 24.7 Å². The molecule has 2 aliphatic rings. The van der Waals surface area contributed by atoms with Gasteiger partial charge in [-0.15, -0.1) is 0 Å². The predicted molar refractivity (Wildman–Crippen MR) is 93.2 cm³/mol. The van der Waals surface area contributed by atoms with Crippen molar-refractivity contribution < 1.29 is 9.59 Å². The highest BCUT2D eigenvalue weighted by Gasteiger charge is 2.30. The van der Waals surface area contributed by atoms with Crippen molar-refractivity contribution in [3.63, 3.8) is 0 Å². The summed E-state index contributed by atoms with van der Waals surface area (Å²) < 4.78 is 0. The second-order valence-corrected chi connectivity index (χ2v) is 7.19. The fraction of sp³-hybridized carbons (Fsp3) is 0.556. The third-order valence-electron chi connectivity index (χ3n) is 5.19. The lowest BCUT2D eigenvalue weighted by Gasteiger charge is -2.25. The Morgan fingerprint density at radius 3 is 2.84 bits per heavy atom. The number of fused-ring (bicyclic) bond motifs is 1. The highest BCUT2D eigenvalue weighted by Crippen LogP contribution is 2.39. The molecule has 1 aliphatic carbocycles. The summed E-state index contributed by atoms with van der Waals surface area (Å²) in [4.78, 5) is 39.0. The van der Waals surface area contributed by atoms with Gasteiger partial charge in [-0.25, -0.2) is 9.97 Å². The maximum Gasteiger partial charge on any atom is 0.255 e. The van der Waals surface area contributed by atoms with Gasteiger partial charge in [-0.2, -0.15) is 0 Å². The third kappa shape index (κ3) is 2.99. The van der Waals surface area contributed by atoms with Gasteiger partial charge < -0.3 is 15.2 Å². The number of hydrogen-bond donors (Lipinski definition) is 2. The fourth-order valence-electron chi connectivity index (χ4n) is 3.50. The van der Waals surface area contributed by atoms with Crippen molar-refractivity contribution >= 4 is 23.0 Å². The van der Waals surface area contributed by atoms with E-state index in [0.29, 0.717) is 22.6 Å². The van der Waals surface area contributed by atoms with Crippen LogP contribution in [-0.4, -0.2) is 50.3 Å². The first kappa shape index (κ1) is 16.1. The molecular formula is C18H23N5O2. The molecule has 2 fully saturated rings. The molecule has 2 N–H and O–H groups in total. The lowest BCUT2D eigenvalue weighted by Crippen LogP contribution is -2.47. The van der Waals surface area contributed by atoms with Crippen molar-refractivity contribution in [3.05, 3.63) is 23.7 Å². The molecule has 3 heterocycles. The average Bonchev–Trinajstić information content (AvgIpc) is 3.23. The van der Waals surface area contributed by atoms with Gasteiger partial charge >= 0.3 is 0 Å². The molecular weight excluding hydrogens is 318 g/mol. The van der Waals surface area contributed by atoms with Crippen LogP contribution in [0.1, 0.15) is 61.5 Å². The highest BCUT2D eigenvalue weighted by atomic mass is 16.2. The Hall–Kier alpha value is -2.44. The van der Waals surface area contributed by atoms with E-state index in [1.54, 1.807) is 19.3 Å². The first-order chi connectivity index (χ1) is 12.0. The van der Waals surface area contributed by atoms with Gasteiger partial charge in [0.25, 0.3) is 5.91 Å². The van der Waals surface area contributed by atoms with E-state index in [4.69, 9.17) is 0 Å². The van der Waals surface area contributed by atoms with Crippen molar-refractivity contribution in [1.82, 2.24) is 25.2 Å². The summed E-state index contributed by atoms with van der Waals surface area (Å²) >= 11 is 0. The van der Waals surface area contributed by atoms with Gasteiger partial charge in [-0.05, 0) is 39.5 Å². The molecule has 1 saturated carbocycles. The van der Waals surface area contributed by atoms with Gasteiger partial charge in [-0.1, -0.05) is 0 Å². The van der Waals surface area contributed by atoms with Crippen LogP contribution in [0.5, 0.6) is 0 Å². The summed E-state index contributed by atoms with van der Waals surface area (Å²) in [6, 6.07) is -0.315. The first-order valence-corrected chi connectivity index (χ1v) is 9.00. The number of H-pyrrole nitrogens is 1. The van der Waals surface area contributed by atoms with Crippen molar-refractivity contribution in [2.45, 2.75) is 57.5 Å². The molecule has 132 valence electrons. The summed E-state index contributed by atoms with van der Waals surface area (Å²) in [7, 11) is 0. The molecule has 1 saturated heterocycles. The molecule has 7 nitrogen and oxygen atoms in total. The third-order valence-corrected chi connectivity index (χ3v) is 5.19. The molecule has 7 heteroatoms. The normalized spacial score (nSPS) is 21.5. The van der Waals surface area contributed by atoms with E-state index >= 15 is 0 Å². The second-order valence-electron chi connectivity index (χ2n) is 7.19. The van der Waals surface area contributed by atoms with Crippen LogP contribution in [0.25, 0.3) is 11.2 Å². The van der Waals surface area contributed by atoms with Crippen molar-refractivity contribution in [3.8, 4) is 0 Å². The Labute approximate surface area is 146 Å². The van der Waals surface area contributed by atoms with Crippen molar-refractivity contribution in [2.24, 2.45) is 0 Å². The second kappa shape index (κ2) is 6.13. The van der Waals surface area contributed by atoms with Crippen molar-refractivity contribution in [2.75, 3.05) is 6.54 Å². The highest BCUT2D eigenvalue weighted by molar-refractivity contribution is 6.05. The van der Waals surface area contributed by atoms with E-state index in [1.807, 2.05) is 11.8 Å². The number of nitrogens with one attached hydrogen (secondary N) is 2. The zero-order valence-electron chi connectivity index (χ0n) is 14.6. The minimum absolute atomic E-state index is 0.0251. The monoisotopic (exact) mass is 341 g/mol. The molecule has 0 aromatic carbocycles. The maximum absolute atomic E-state index is 12.7. The molecule has 2 unspecified atom stereocenters. The van der Waals surface area contributed by atoms with Gasteiger partial charge in [0.2, 0.25) is 5.91 Å². The summed E-state index contributed by atoms with van der Waals surface area (Å²) in [5, 5.41) is 2.82. The number of carbonyl (C=O) groups is 2. The lowest BCUT2D eigenvalue weighted by atomic mass is 10.2. The number of nitrogens with zero attached hydrogens (tertiary/aromatic N) is 3. The van der Waals surface area contributed by atoms with E-state index in [2.05, 4.69) is 20.3 Å². The van der Waals surface area contributed by atoms with Crippen LogP contribution in [-0.2, 0) is 4.79 Å². The minimum Gasteiger partial charge on any atom is -0.344 e. The molecule has 2 amide bonds. The smallest absolute Gasteiger partial charge is 0.255 e. The topological polar surface area (TPSA) is 91.0 Å². The van der Waals surface area contributed by atoms with Crippen LogP contribution in [0.2, 0.25) is 0 Å². The Kier molecular flexibility index (Phi) is 3.94. The minimum atomic E-state index is -0.558. The lowest BCUT2D eigenvalue weighted by molar-refractivity contribution is -0.133. The molecule has 0 bridgehead atoms. The fourth-order valence-corrected chi connectivity index (χ4v) is 3.50. The molecule has 25 heavy (non-hydrogen) atoms. The molecule has 0 spiro atoms. The molecule has 0 radical (unpaired) electrons.